The van der Waals surface area contributed by atoms with Gasteiger partial charge in [0, 0.05) is 5.38 Å². The molecule has 0 radical (unpaired) electrons. The van der Waals surface area contributed by atoms with Crippen LogP contribution in [0.3, 0.4) is 0 Å². The first-order valence-electron chi connectivity index (χ1n) is 7.66. The number of esters is 1. The molecule has 0 atom stereocenters. The van der Waals surface area contributed by atoms with Crippen LogP contribution in [0.5, 0.6) is 5.75 Å². The van der Waals surface area contributed by atoms with Gasteiger partial charge in [0.25, 0.3) is 5.91 Å². The summed E-state index contributed by atoms with van der Waals surface area (Å²) in [5.41, 5.74) is 1.01. The Kier molecular flexibility index (Phi) is 6.31. The van der Waals surface area contributed by atoms with Gasteiger partial charge in [0.15, 0.2) is 5.13 Å². The lowest BCUT2D eigenvalue weighted by atomic mass is 10.2. The van der Waals surface area contributed by atoms with Gasteiger partial charge in [-0.1, -0.05) is 12.1 Å². The van der Waals surface area contributed by atoms with Crippen molar-refractivity contribution in [3.8, 4) is 5.75 Å². The van der Waals surface area contributed by atoms with E-state index in [4.69, 9.17) is 9.47 Å². The summed E-state index contributed by atoms with van der Waals surface area (Å²) >= 11 is 1.26. The molecule has 0 aliphatic heterocycles. The first-order valence-corrected chi connectivity index (χ1v) is 8.54. The number of para-hydroxylation sites is 1. The second-order valence-electron chi connectivity index (χ2n) is 5.24. The molecule has 24 heavy (non-hydrogen) atoms. The first kappa shape index (κ1) is 17.9. The minimum absolute atomic E-state index is 0.0324. The molecule has 1 heterocycles. The number of hydrogen-bond acceptors (Lipinski definition) is 6. The molecule has 6 nitrogen and oxygen atoms in total. The number of benzene rings is 1. The third-order valence-electron chi connectivity index (χ3n) is 2.90. The Bertz CT molecular complexity index is 712. The maximum absolute atomic E-state index is 12.4. The summed E-state index contributed by atoms with van der Waals surface area (Å²) in [6, 6.07) is 7.04. The second kappa shape index (κ2) is 8.44. The van der Waals surface area contributed by atoms with Crippen molar-refractivity contribution in [2.75, 3.05) is 11.9 Å². The van der Waals surface area contributed by atoms with Gasteiger partial charge in [0.1, 0.15) is 5.75 Å². The standard InChI is InChI=1S/C17H20N2O4S/c1-4-22-15(20)9-12-10-24-17(18-12)19-16(21)13-7-5-6-8-14(13)23-11(2)3/h5-8,10-11H,4,9H2,1-3H3,(H,18,19,21). The monoisotopic (exact) mass is 348 g/mol. The molecule has 1 aromatic carbocycles. The Morgan fingerprint density at radius 1 is 1.29 bits per heavy atom. The fourth-order valence-electron chi connectivity index (χ4n) is 1.98. The Morgan fingerprint density at radius 2 is 2.04 bits per heavy atom. The average molecular weight is 348 g/mol. The quantitative estimate of drug-likeness (QED) is 0.777. The highest BCUT2D eigenvalue weighted by atomic mass is 32.1. The summed E-state index contributed by atoms with van der Waals surface area (Å²) in [6.07, 6.45) is 0.0581. The number of anilines is 1. The number of nitrogens with one attached hydrogen (secondary N) is 1. The lowest BCUT2D eigenvalue weighted by molar-refractivity contribution is -0.142. The molecule has 128 valence electrons. The zero-order valence-electron chi connectivity index (χ0n) is 13.9. The van der Waals surface area contributed by atoms with Gasteiger partial charge in [-0.05, 0) is 32.9 Å². The smallest absolute Gasteiger partial charge is 0.311 e. The summed E-state index contributed by atoms with van der Waals surface area (Å²) in [7, 11) is 0. The molecule has 0 saturated carbocycles. The van der Waals surface area contributed by atoms with Crippen molar-refractivity contribution < 1.29 is 19.1 Å². The van der Waals surface area contributed by atoms with E-state index >= 15 is 0 Å². The molecule has 1 aromatic heterocycles. The number of aromatic nitrogens is 1. The molecule has 2 aromatic rings. The first-order chi connectivity index (χ1) is 11.5. The normalized spacial score (nSPS) is 10.5. The Morgan fingerprint density at radius 3 is 2.75 bits per heavy atom. The number of carbonyl (C=O) groups excluding carboxylic acids is 2. The summed E-state index contributed by atoms with van der Waals surface area (Å²) in [5, 5.41) is 4.89. The summed E-state index contributed by atoms with van der Waals surface area (Å²) < 4.78 is 10.5. The average Bonchev–Trinajstić information content (AvgIpc) is 2.94. The third kappa shape index (κ3) is 5.06. The lowest BCUT2D eigenvalue weighted by Crippen LogP contribution is -2.15. The van der Waals surface area contributed by atoms with Crippen molar-refractivity contribution in [2.24, 2.45) is 0 Å². The van der Waals surface area contributed by atoms with Crippen LogP contribution in [0.25, 0.3) is 0 Å². The van der Waals surface area contributed by atoms with E-state index in [-0.39, 0.29) is 24.4 Å². The van der Waals surface area contributed by atoms with Crippen LogP contribution in [-0.4, -0.2) is 29.6 Å². The predicted octanol–water partition coefficient (Wildman–Crippen LogP) is 3.29. The molecule has 0 saturated heterocycles. The minimum Gasteiger partial charge on any atom is -0.490 e. The van der Waals surface area contributed by atoms with Crippen LogP contribution >= 0.6 is 11.3 Å². The van der Waals surface area contributed by atoms with Gasteiger partial charge in [-0.15, -0.1) is 11.3 Å². The fourth-order valence-corrected chi connectivity index (χ4v) is 2.69. The maximum Gasteiger partial charge on any atom is 0.311 e. The van der Waals surface area contributed by atoms with Gasteiger partial charge in [-0.3, -0.25) is 14.9 Å². The zero-order chi connectivity index (χ0) is 17.5. The molecular formula is C17H20N2O4S. The number of ether oxygens (including phenoxy) is 2. The van der Waals surface area contributed by atoms with Crippen LogP contribution in [0, 0.1) is 0 Å². The molecular weight excluding hydrogens is 328 g/mol. The number of carbonyl (C=O) groups is 2. The van der Waals surface area contributed by atoms with Crippen LogP contribution in [-0.2, 0) is 16.0 Å². The number of rotatable bonds is 7. The van der Waals surface area contributed by atoms with Crippen molar-refractivity contribution >= 4 is 28.3 Å². The van der Waals surface area contributed by atoms with E-state index < -0.39 is 0 Å². The highest BCUT2D eigenvalue weighted by molar-refractivity contribution is 7.14. The van der Waals surface area contributed by atoms with Crippen LogP contribution in [0.15, 0.2) is 29.6 Å². The van der Waals surface area contributed by atoms with E-state index in [1.807, 2.05) is 19.9 Å². The molecule has 0 bridgehead atoms. The zero-order valence-corrected chi connectivity index (χ0v) is 14.7. The molecule has 1 amide bonds. The van der Waals surface area contributed by atoms with Crippen LogP contribution < -0.4 is 10.1 Å². The van der Waals surface area contributed by atoms with E-state index in [1.54, 1.807) is 30.5 Å². The van der Waals surface area contributed by atoms with Gasteiger partial charge in [-0.2, -0.15) is 0 Å². The van der Waals surface area contributed by atoms with Crippen molar-refractivity contribution in [3.05, 3.63) is 40.9 Å². The predicted molar refractivity (Wildman–Crippen MR) is 92.6 cm³/mol. The molecule has 0 unspecified atom stereocenters. The van der Waals surface area contributed by atoms with Crippen molar-refractivity contribution in [2.45, 2.75) is 33.3 Å². The lowest BCUT2D eigenvalue weighted by Gasteiger charge is -2.13. The topological polar surface area (TPSA) is 77.5 Å². The van der Waals surface area contributed by atoms with E-state index in [9.17, 15) is 9.59 Å². The summed E-state index contributed by atoms with van der Waals surface area (Å²) in [4.78, 5) is 28.1. The van der Waals surface area contributed by atoms with Crippen molar-refractivity contribution in [3.63, 3.8) is 0 Å². The highest BCUT2D eigenvalue weighted by Crippen LogP contribution is 2.22. The number of nitrogens with zero attached hydrogens (tertiary/aromatic N) is 1. The molecule has 0 spiro atoms. The molecule has 0 fully saturated rings. The fraction of sp³-hybridized carbons (Fsp3) is 0.353. The number of thiazole rings is 1. The van der Waals surface area contributed by atoms with Gasteiger partial charge in [-0.25, -0.2) is 4.98 Å². The molecule has 2 rings (SSSR count). The van der Waals surface area contributed by atoms with Crippen molar-refractivity contribution in [1.29, 1.82) is 0 Å². The van der Waals surface area contributed by atoms with Crippen molar-refractivity contribution in [1.82, 2.24) is 4.98 Å². The van der Waals surface area contributed by atoms with E-state index in [2.05, 4.69) is 10.3 Å². The Labute approximate surface area is 144 Å². The summed E-state index contributed by atoms with van der Waals surface area (Å²) in [5.74, 6) is -0.118. The van der Waals surface area contributed by atoms with Gasteiger partial charge in [0.2, 0.25) is 0 Å². The van der Waals surface area contributed by atoms with Crippen LogP contribution in [0.4, 0.5) is 5.13 Å². The molecule has 0 aliphatic carbocycles. The van der Waals surface area contributed by atoms with Gasteiger partial charge >= 0.3 is 5.97 Å². The van der Waals surface area contributed by atoms with Gasteiger partial charge < -0.3 is 9.47 Å². The minimum atomic E-state index is -0.337. The molecule has 0 aliphatic rings. The Hall–Kier alpha value is -2.41. The van der Waals surface area contributed by atoms with E-state index in [0.29, 0.717) is 28.7 Å². The van der Waals surface area contributed by atoms with E-state index in [1.165, 1.54) is 11.3 Å². The number of amides is 1. The number of hydrogen-bond donors (Lipinski definition) is 1. The maximum atomic E-state index is 12.4. The highest BCUT2D eigenvalue weighted by Gasteiger charge is 2.15. The molecule has 1 N–H and O–H groups in total. The van der Waals surface area contributed by atoms with Crippen LogP contribution in [0.2, 0.25) is 0 Å². The SMILES string of the molecule is CCOC(=O)Cc1csc(NC(=O)c2ccccc2OC(C)C)n1. The Balaban J connectivity index is 2.05. The van der Waals surface area contributed by atoms with E-state index in [0.717, 1.165) is 0 Å². The van der Waals surface area contributed by atoms with Crippen LogP contribution in [0.1, 0.15) is 36.8 Å². The second-order valence-corrected chi connectivity index (χ2v) is 6.10. The largest absolute Gasteiger partial charge is 0.490 e. The molecule has 7 heteroatoms. The van der Waals surface area contributed by atoms with Gasteiger partial charge in [0.05, 0.1) is 30.4 Å². The summed E-state index contributed by atoms with van der Waals surface area (Å²) in [6.45, 7) is 5.88. The third-order valence-corrected chi connectivity index (χ3v) is 3.70.